The number of imidazole rings is 1. The van der Waals surface area contributed by atoms with E-state index in [2.05, 4.69) is 15.3 Å². The van der Waals surface area contributed by atoms with E-state index in [1.165, 1.54) is 17.4 Å². The van der Waals surface area contributed by atoms with Gasteiger partial charge in [0.2, 0.25) is 5.91 Å². The van der Waals surface area contributed by atoms with Crippen LogP contribution in [0.15, 0.2) is 23.8 Å². The minimum absolute atomic E-state index is 0.178. The molecule has 0 radical (unpaired) electrons. The molecule has 21 heavy (non-hydrogen) atoms. The highest BCUT2D eigenvalue weighted by Gasteiger charge is 2.08. The smallest absolute Gasteiger partial charge is 0.244 e. The molecule has 0 saturated carbocycles. The zero-order valence-electron chi connectivity index (χ0n) is 11.0. The summed E-state index contributed by atoms with van der Waals surface area (Å²) < 4.78 is 1.85. The van der Waals surface area contributed by atoms with Crippen molar-refractivity contribution in [2.45, 2.75) is 13.5 Å². The highest BCUT2D eigenvalue weighted by atomic mass is 35.5. The first kappa shape index (κ1) is 14.2. The van der Waals surface area contributed by atoms with Crippen LogP contribution in [-0.4, -0.2) is 20.3 Å². The lowest BCUT2D eigenvalue weighted by molar-refractivity contribution is -0.116. The van der Waals surface area contributed by atoms with Gasteiger partial charge in [-0.15, -0.1) is 22.7 Å². The number of halogens is 1. The van der Waals surface area contributed by atoms with E-state index < -0.39 is 0 Å². The fourth-order valence-corrected chi connectivity index (χ4v) is 3.54. The van der Waals surface area contributed by atoms with Gasteiger partial charge in [0.05, 0.1) is 17.2 Å². The molecule has 0 aromatic carbocycles. The largest absolute Gasteiger partial charge is 0.348 e. The van der Waals surface area contributed by atoms with Gasteiger partial charge in [-0.25, -0.2) is 9.97 Å². The molecule has 5 nitrogen and oxygen atoms in total. The summed E-state index contributed by atoms with van der Waals surface area (Å²) in [6, 6.07) is 0. The van der Waals surface area contributed by atoms with Crippen molar-refractivity contribution in [2.24, 2.45) is 0 Å². The average molecular weight is 339 g/mol. The fourth-order valence-electron chi connectivity index (χ4n) is 1.80. The molecule has 1 N–H and O–H groups in total. The Balaban J connectivity index is 1.66. The van der Waals surface area contributed by atoms with Crippen LogP contribution in [-0.2, 0) is 11.3 Å². The topological polar surface area (TPSA) is 59.3 Å². The molecule has 0 saturated heterocycles. The van der Waals surface area contributed by atoms with Gasteiger partial charge in [0.1, 0.15) is 0 Å². The van der Waals surface area contributed by atoms with Gasteiger partial charge in [0, 0.05) is 28.7 Å². The number of fused-ring (bicyclic) bond motifs is 1. The summed E-state index contributed by atoms with van der Waals surface area (Å²) in [6.07, 6.45) is 6.77. The van der Waals surface area contributed by atoms with Crippen LogP contribution in [0.4, 0.5) is 0 Å². The molecule has 3 heterocycles. The second-order valence-electron chi connectivity index (χ2n) is 4.24. The Kier molecular flexibility index (Phi) is 4.05. The van der Waals surface area contributed by atoms with Crippen LogP contribution in [0, 0.1) is 6.92 Å². The zero-order valence-corrected chi connectivity index (χ0v) is 13.4. The number of nitrogens with zero attached hydrogens (tertiary/aromatic N) is 3. The molecule has 0 unspecified atom stereocenters. The molecule has 0 atom stereocenters. The summed E-state index contributed by atoms with van der Waals surface area (Å²) in [7, 11) is 0. The molecule has 0 fully saturated rings. The predicted molar refractivity (Wildman–Crippen MR) is 85.8 cm³/mol. The summed E-state index contributed by atoms with van der Waals surface area (Å²) >= 11 is 9.11. The highest BCUT2D eigenvalue weighted by molar-refractivity contribution is 7.15. The third-order valence-electron chi connectivity index (χ3n) is 2.75. The molecule has 1 amide bonds. The van der Waals surface area contributed by atoms with Gasteiger partial charge < -0.3 is 5.32 Å². The molecule has 3 aromatic rings. The van der Waals surface area contributed by atoms with E-state index in [9.17, 15) is 4.79 Å². The van der Waals surface area contributed by atoms with Crippen LogP contribution in [0.3, 0.4) is 0 Å². The van der Waals surface area contributed by atoms with Crippen molar-refractivity contribution in [3.05, 3.63) is 44.6 Å². The van der Waals surface area contributed by atoms with E-state index in [4.69, 9.17) is 11.6 Å². The Labute approximate surface area is 133 Å². The predicted octanol–water partition coefficient (Wildman–Crippen LogP) is 3.14. The number of nitrogens with one attached hydrogen (secondary N) is 1. The lowest BCUT2D eigenvalue weighted by Gasteiger charge is -1.98. The van der Waals surface area contributed by atoms with Crippen LogP contribution in [0.25, 0.3) is 11.0 Å². The van der Waals surface area contributed by atoms with E-state index >= 15 is 0 Å². The van der Waals surface area contributed by atoms with Crippen molar-refractivity contribution in [2.75, 3.05) is 0 Å². The molecular weight excluding hydrogens is 328 g/mol. The monoisotopic (exact) mass is 338 g/mol. The van der Waals surface area contributed by atoms with Gasteiger partial charge in [0.25, 0.3) is 0 Å². The summed E-state index contributed by atoms with van der Waals surface area (Å²) in [6.45, 7) is 2.41. The van der Waals surface area contributed by atoms with Gasteiger partial charge in [-0.3, -0.25) is 9.20 Å². The summed E-state index contributed by atoms with van der Waals surface area (Å²) in [5, 5.41) is 6.11. The van der Waals surface area contributed by atoms with Crippen LogP contribution in [0.2, 0.25) is 5.15 Å². The minimum Gasteiger partial charge on any atom is -0.348 e. The maximum Gasteiger partial charge on any atom is 0.244 e. The van der Waals surface area contributed by atoms with E-state index in [1.54, 1.807) is 23.6 Å². The number of hydrogen-bond acceptors (Lipinski definition) is 5. The first-order chi connectivity index (χ1) is 10.1. The second-order valence-corrected chi connectivity index (χ2v) is 6.79. The first-order valence-corrected chi connectivity index (χ1v) is 8.19. The Morgan fingerprint density at radius 1 is 1.57 bits per heavy atom. The number of hydrogen-bond donors (Lipinski definition) is 1. The van der Waals surface area contributed by atoms with Crippen molar-refractivity contribution in [3.8, 4) is 0 Å². The van der Waals surface area contributed by atoms with Gasteiger partial charge in [-0.05, 0) is 13.0 Å². The second kappa shape index (κ2) is 5.97. The zero-order chi connectivity index (χ0) is 14.8. The van der Waals surface area contributed by atoms with Crippen LogP contribution in [0.5, 0.6) is 0 Å². The van der Waals surface area contributed by atoms with Gasteiger partial charge in [-0.1, -0.05) is 11.6 Å². The third-order valence-corrected chi connectivity index (χ3v) is 4.70. The minimum atomic E-state index is -0.178. The molecule has 3 rings (SSSR count). The highest BCUT2D eigenvalue weighted by Crippen LogP contribution is 2.22. The molecular formula is C13H11ClN4OS2. The molecule has 0 aliphatic heterocycles. The van der Waals surface area contributed by atoms with Crippen LogP contribution >= 0.6 is 34.3 Å². The van der Waals surface area contributed by atoms with Crippen LogP contribution < -0.4 is 5.32 Å². The number of rotatable bonds is 4. The van der Waals surface area contributed by atoms with Gasteiger partial charge in [0.15, 0.2) is 10.1 Å². The molecule has 3 aromatic heterocycles. The van der Waals surface area contributed by atoms with Crippen molar-refractivity contribution in [1.29, 1.82) is 0 Å². The number of carbonyl (C=O) groups is 1. The molecule has 0 spiro atoms. The first-order valence-electron chi connectivity index (χ1n) is 6.12. The third kappa shape index (κ3) is 3.15. The summed E-state index contributed by atoms with van der Waals surface area (Å²) in [5.74, 6) is -0.178. The molecule has 0 aliphatic rings. The lowest BCUT2D eigenvalue weighted by atomic mass is 10.4. The Morgan fingerprint density at radius 3 is 3.19 bits per heavy atom. The van der Waals surface area contributed by atoms with Gasteiger partial charge in [-0.2, -0.15) is 0 Å². The van der Waals surface area contributed by atoms with Crippen molar-refractivity contribution in [3.63, 3.8) is 0 Å². The summed E-state index contributed by atoms with van der Waals surface area (Å²) in [4.78, 5) is 22.0. The lowest BCUT2D eigenvalue weighted by Crippen LogP contribution is -2.19. The van der Waals surface area contributed by atoms with Gasteiger partial charge >= 0.3 is 0 Å². The Hall–Kier alpha value is -1.70. The molecule has 8 heteroatoms. The quantitative estimate of drug-likeness (QED) is 0.743. The van der Waals surface area contributed by atoms with E-state index in [1.807, 2.05) is 22.9 Å². The van der Waals surface area contributed by atoms with E-state index in [0.717, 1.165) is 14.8 Å². The molecule has 0 bridgehead atoms. The van der Waals surface area contributed by atoms with Crippen molar-refractivity contribution < 1.29 is 4.79 Å². The standard InChI is InChI=1S/C13H11ClN4OS2/c1-8-15-6-9(21-8)7-16-11(19)3-2-10-12(14)17-13-18(10)4-5-20-13/h2-6H,7H2,1H3,(H,16,19). The number of carbonyl (C=O) groups excluding carboxylic acids is 1. The van der Waals surface area contributed by atoms with Crippen molar-refractivity contribution >= 4 is 51.2 Å². The SMILES string of the molecule is Cc1ncc(CNC(=O)C=Cc2c(Cl)nc3sccn23)s1. The summed E-state index contributed by atoms with van der Waals surface area (Å²) in [5.41, 5.74) is 0.705. The Bertz CT molecular complexity index is 817. The van der Waals surface area contributed by atoms with Crippen LogP contribution in [0.1, 0.15) is 15.6 Å². The van der Waals surface area contributed by atoms with Crippen molar-refractivity contribution in [1.82, 2.24) is 19.7 Å². The maximum atomic E-state index is 11.8. The molecule has 108 valence electrons. The number of amides is 1. The number of aromatic nitrogens is 3. The maximum absolute atomic E-state index is 11.8. The average Bonchev–Trinajstić information content (AvgIpc) is 3.11. The number of thiazole rings is 2. The number of aryl methyl sites for hydroxylation is 1. The molecule has 0 aliphatic carbocycles. The normalized spacial score (nSPS) is 11.5. The Morgan fingerprint density at radius 2 is 2.43 bits per heavy atom. The fraction of sp³-hybridized carbons (Fsp3) is 0.154. The van der Waals surface area contributed by atoms with E-state index in [0.29, 0.717) is 17.4 Å². The van der Waals surface area contributed by atoms with E-state index in [-0.39, 0.29) is 5.91 Å².